The van der Waals surface area contributed by atoms with E-state index < -0.39 is 11.8 Å². The third-order valence-corrected chi connectivity index (χ3v) is 2.56. The van der Waals surface area contributed by atoms with E-state index in [1.54, 1.807) is 7.05 Å². The van der Waals surface area contributed by atoms with Gasteiger partial charge in [-0.1, -0.05) is 0 Å². The zero-order valence-electron chi connectivity index (χ0n) is 9.06. The number of nitrogens with one attached hydrogen (secondary N) is 1. The van der Waals surface area contributed by atoms with Gasteiger partial charge in [0.2, 0.25) is 0 Å². The van der Waals surface area contributed by atoms with E-state index >= 15 is 0 Å². The van der Waals surface area contributed by atoms with Gasteiger partial charge in [0.1, 0.15) is 0 Å². The maximum atomic E-state index is 11.3. The van der Waals surface area contributed by atoms with Crippen LogP contribution in [-0.4, -0.2) is 34.8 Å². The van der Waals surface area contributed by atoms with Crippen LogP contribution in [-0.2, 0) is 11.3 Å². The molecule has 6 heteroatoms. The molecule has 88 valence electrons. The van der Waals surface area contributed by atoms with E-state index in [9.17, 15) is 14.4 Å². The van der Waals surface area contributed by atoms with Crippen LogP contribution in [0.25, 0.3) is 0 Å². The summed E-state index contributed by atoms with van der Waals surface area (Å²) in [5.74, 6) is -2.44. The molecule has 2 amide bonds. The predicted octanol–water partition coefficient (Wildman–Crippen LogP) is 0.931. The molecule has 0 bridgehead atoms. The molecule has 0 saturated heterocycles. The number of carboxylic acid groups (broad SMARTS) is 1. The van der Waals surface area contributed by atoms with E-state index in [2.05, 4.69) is 5.32 Å². The number of carbonyl (C=O) groups is 3. The van der Waals surface area contributed by atoms with Gasteiger partial charge in [-0.25, -0.2) is 9.59 Å². The molecule has 6 nitrogen and oxygen atoms in total. The Morgan fingerprint density at radius 1 is 1.41 bits per heavy atom. The molecule has 1 aromatic rings. The normalized spacial score (nSPS) is 13.9. The number of urea groups is 1. The lowest BCUT2D eigenvalue weighted by Gasteiger charge is -2.26. The number of hydrogen-bond donors (Lipinski definition) is 2. The van der Waals surface area contributed by atoms with E-state index in [0.29, 0.717) is 12.2 Å². The summed E-state index contributed by atoms with van der Waals surface area (Å²) >= 11 is 0. The topological polar surface area (TPSA) is 86.7 Å². The first-order valence-corrected chi connectivity index (χ1v) is 4.91. The maximum Gasteiger partial charge on any atom is 0.377 e. The molecule has 1 aromatic carbocycles. The minimum Gasteiger partial charge on any atom is -0.475 e. The first-order chi connectivity index (χ1) is 7.99. The Kier molecular flexibility index (Phi) is 2.55. The molecular formula is C11H10N2O4. The van der Waals surface area contributed by atoms with Gasteiger partial charge in [0.15, 0.2) is 0 Å². The number of hydrogen-bond acceptors (Lipinski definition) is 3. The molecule has 0 spiro atoms. The molecule has 1 aliphatic rings. The van der Waals surface area contributed by atoms with Crippen LogP contribution in [0.3, 0.4) is 0 Å². The minimum absolute atomic E-state index is 0.112. The second-order valence-electron chi connectivity index (χ2n) is 3.79. The third kappa shape index (κ3) is 1.96. The Morgan fingerprint density at radius 2 is 2.12 bits per heavy atom. The molecule has 1 heterocycles. The van der Waals surface area contributed by atoms with Crippen LogP contribution in [0.4, 0.5) is 10.5 Å². The molecule has 1 aliphatic heterocycles. The number of carboxylic acids is 1. The van der Waals surface area contributed by atoms with Crippen LogP contribution in [0.2, 0.25) is 0 Å². The van der Waals surface area contributed by atoms with Gasteiger partial charge in [0.25, 0.3) is 5.78 Å². The average Bonchev–Trinajstić information content (AvgIpc) is 2.29. The Morgan fingerprint density at radius 3 is 2.76 bits per heavy atom. The van der Waals surface area contributed by atoms with E-state index in [1.807, 2.05) is 0 Å². The minimum atomic E-state index is -1.49. The zero-order valence-corrected chi connectivity index (χ0v) is 9.06. The highest BCUT2D eigenvalue weighted by molar-refractivity contribution is 6.39. The van der Waals surface area contributed by atoms with Crippen molar-refractivity contribution in [3.8, 4) is 0 Å². The molecular weight excluding hydrogens is 224 g/mol. The summed E-state index contributed by atoms with van der Waals surface area (Å²) < 4.78 is 0. The predicted molar refractivity (Wildman–Crippen MR) is 58.9 cm³/mol. The van der Waals surface area contributed by atoms with Crippen LogP contribution in [0.15, 0.2) is 18.2 Å². The molecule has 0 saturated carbocycles. The molecule has 2 rings (SSSR count). The van der Waals surface area contributed by atoms with Crippen molar-refractivity contribution in [3.05, 3.63) is 29.3 Å². The van der Waals surface area contributed by atoms with Gasteiger partial charge >= 0.3 is 12.0 Å². The molecule has 0 radical (unpaired) electrons. The second-order valence-corrected chi connectivity index (χ2v) is 3.79. The van der Waals surface area contributed by atoms with E-state index in [-0.39, 0.29) is 11.6 Å². The van der Waals surface area contributed by atoms with Crippen molar-refractivity contribution >= 4 is 23.5 Å². The van der Waals surface area contributed by atoms with Crippen molar-refractivity contribution in [2.45, 2.75) is 6.54 Å². The molecule has 0 aromatic heterocycles. The van der Waals surface area contributed by atoms with Gasteiger partial charge in [-0.2, -0.15) is 0 Å². The SMILES string of the molecule is CN1Cc2cc(C(=O)C(=O)O)ccc2NC1=O. The third-order valence-electron chi connectivity index (χ3n) is 2.56. The van der Waals surface area contributed by atoms with Gasteiger partial charge in [-0.05, 0) is 23.8 Å². The van der Waals surface area contributed by atoms with Crippen molar-refractivity contribution in [3.63, 3.8) is 0 Å². The summed E-state index contributed by atoms with van der Waals surface area (Å²) in [5.41, 5.74) is 1.44. The number of amides is 2. The van der Waals surface area contributed by atoms with Crippen molar-refractivity contribution in [1.82, 2.24) is 4.90 Å². The van der Waals surface area contributed by atoms with Crippen LogP contribution < -0.4 is 5.32 Å². The fourth-order valence-electron chi connectivity index (χ4n) is 1.65. The first-order valence-electron chi connectivity index (χ1n) is 4.91. The summed E-state index contributed by atoms with van der Waals surface area (Å²) in [7, 11) is 1.62. The largest absolute Gasteiger partial charge is 0.475 e. The fourth-order valence-corrected chi connectivity index (χ4v) is 1.65. The lowest BCUT2D eigenvalue weighted by molar-refractivity contribution is -0.131. The van der Waals surface area contributed by atoms with Crippen LogP contribution in [0.1, 0.15) is 15.9 Å². The van der Waals surface area contributed by atoms with E-state index in [0.717, 1.165) is 5.56 Å². The van der Waals surface area contributed by atoms with E-state index in [1.165, 1.54) is 23.1 Å². The second kappa shape index (κ2) is 3.89. The number of benzene rings is 1. The highest BCUT2D eigenvalue weighted by atomic mass is 16.4. The van der Waals surface area contributed by atoms with Gasteiger partial charge in [0.05, 0.1) is 0 Å². The monoisotopic (exact) mass is 234 g/mol. The van der Waals surface area contributed by atoms with Gasteiger partial charge < -0.3 is 15.3 Å². The Labute approximate surface area is 96.8 Å². The van der Waals surface area contributed by atoms with E-state index in [4.69, 9.17) is 5.11 Å². The van der Waals surface area contributed by atoms with Crippen molar-refractivity contribution in [2.75, 3.05) is 12.4 Å². The van der Waals surface area contributed by atoms with Crippen molar-refractivity contribution in [2.24, 2.45) is 0 Å². The standard InChI is InChI=1S/C11H10N2O4/c1-13-5-7-4-6(9(14)10(15)16)2-3-8(7)12-11(13)17/h2-4H,5H2,1H3,(H,12,17)(H,15,16). The van der Waals surface area contributed by atoms with Crippen molar-refractivity contribution < 1.29 is 19.5 Å². The highest BCUT2D eigenvalue weighted by Gasteiger charge is 2.22. The number of fused-ring (bicyclic) bond motifs is 1. The quantitative estimate of drug-likeness (QED) is 0.588. The number of carbonyl (C=O) groups excluding carboxylic acids is 2. The molecule has 0 fully saturated rings. The number of nitrogens with zero attached hydrogens (tertiary/aromatic N) is 1. The number of anilines is 1. The number of aliphatic carboxylic acids is 1. The number of Topliss-reactive ketones (excluding diaryl/α,β-unsaturated/α-hetero) is 1. The number of ketones is 1. The Balaban J connectivity index is 2.38. The molecule has 0 unspecified atom stereocenters. The highest BCUT2D eigenvalue weighted by Crippen LogP contribution is 2.23. The summed E-state index contributed by atoms with van der Waals surface area (Å²) in [6.45, 7) is 0.349. The summed E-state index contributed by atoms with van der Waals surface area (Å²) in [5, 5.41) is 11.2. The molecule has 0 aliphatic carbocycles. The van der Waals surface area contributed by atoms with Gasteiger partial charge in [0, 0.05) is 24.8 Å². The van der Waals surface area contributed by atoms with Crippen LogP contribution in [0.5, 0.6) is 0 Å². The van der Waals surface area contributed by atoms with Crippen molar-refractivity contribution in [1.29, 1.82) is 0 Å². The van der Waals surface area contributed by atoms with Crippen LogP contribution >= 0.6 is 0 Å². The Hall–Kier alpha value is -2.37. The van der Waals surface area contributed by atoms with Gasteiger partial charge in [-0.15, -0.1) is 0 Å². The first kappa shape index (κ1) is 11.1. The summed E-state index contributed by atoms with van der Waals surface area (Å²) in [4.78, 5) is 34.6. The average molecular weight is 234 g/mol. The van der Waals surface area contributed by atoms with Gasteiger partial charge in [-0.3, -0.25) is 4.79 Å². The lowest BCUT2D eigenvalue weighted by atomic mass is 10.0. The lowest BCUT2D eigenvalue weighted by Crippen LogP contribution is -2.35. The summed E-state index contributed by atoms with van der Waals surface area (Å²) in [6, 6.07) is 4.19. The van der Waals surface area contributed by atoms with Crippen LogP contribution in [0, 0.1) is 0 Å². The smallest absolute Gasteiger partial charge is 0.377 e. The maximum absolute atomic E-state index is 11.3. The number of rotatable bonds is 2. The fraction of sp³-hybridized carbons (Fsp3) is 0.182. The Bertz CT molecular complexity index is 524. The molecule has 17 heavy (non-hydrogen) atoms. The molecule has 0 atom stereocenters. The summed E-state index contributed by atoms with van der Waals surface area (Å²) in [6.07, 6.45) is 0. The zero-order chi connectivity index (χ0) is 12.6. The molecule has 2 N–H and O–H groups in total.